The van der Waals surface area contributed by atoms with Gasteiger partial charge in [-0.15, -0.1) is 0 Å². The van der Waals surface area contributed by atoms with Crippen LogP contribution in [0.2, 0.25) is 0 Å². The second kappa shape index (κ2) is 15.7. The molecule has 0 nitrogen and oxygen atoms in total. The molecule has 1 aromatic carbocycles. The van der Waals surface area contributed by atoms with Gasteiger partial charge in [0.2, 0.25) is 0 Å². The molecule has 138 valence electrons. The molecule has 0 aliphatic heterocycles. The highest BCUT2D eigenvalue weighted by Gasteiger charge is 2.11. The Balaban J connectivity index is 0.00000101. The van der Waals surface area contributed by atoms with E-state index < -0.39 is 0 Å². The van der Waals surface area contributed by atoms with Crippen molar-refractivity contribution in [3.05, 3.63) is 78.4 Å². The van der Waals surface area contributed by atoms with Gasteiger partial charge in [0.25, 0.3) is 0 Å². The van der Waals surface area contributed by atoms with Crippen LogP contribution in [-0.2, 0) is 0 Å². The second-order valence-electron chi connectivity index (χ2n) is 6.26. The first-order valence-corrected chi connectivity index (χ1v) is 9.92. The third-order valence-electron chi connectivity index (χ3n) is 4.03. The van der Waals surface area contributed by atoms with Crippen molar-refractivity contribution in [2.45, 2.75) is 72.6 Å². The lowest BCUT2D eigenvalue weighted by atomic mass is 9.88. The predicted molar refractivity (Wildman–Crippen MR) is 117 cm³/mol. The fourth-order valence-electron chi connectivity index (χ4n) is 2.89. The van der Waals surface area contributed by atoms with E-state index >= 15 is 0 Å². The number of hydrogen-bond donors (Lipinski definition) is 0. The molecule has 0 heterocycles. The zero-order chi connectivity index (χ0) is 18.9. The Morgan fingerprint density at radius 1 is 0.840 bits per heavy atom. The maximum absolute atomic E-state index is 3.98. The van der Waals surface area contributed by atoms with Crippen LogP contribution in [0.15, 0.2) is 72.9 Å². The van der Waals surface area contributed by atoms with Crippen LogP contribution in [0, 0.1) is 0 Å². The van der Waals surface area contributed by atoms with Crippen LogP contribution in [-0.4, -0.2) is 0 Å². The van der Waals surface area contributed by atoms with Crippen LogP contribution < -0.4 is 0 Å². The van der Waals surface area contributed by atoms with E-state index in [1.54, 1.807) is 0 Å². The summed E-state index contributed by atoms with van der Waals surface area (Å²) in [5.74, 6) is 0. The summed E-state index contributed by atoms with van der Waals surface area (Å²) in [5, 5.41) is 0. The molecule has 1 aromatic rings. The Labute approximate surface area is 157 Å². The first-order chi connectivity index (χ1) is 12.2. The van der Waals surface area contributed by atoms with Crippen molar-refractivity contribution < 1.29 is 0 Å². The molecule has 0 aliphatic carbocycles. The first-order valence-electron chi connectivity index (χ1n) is 9.92. The van der Waals surface area contributed by atoms with E-state index in [0.29, 0.717) is 0 Å². The average Bonchev–Trinajstić information content (AvgIpc) is 2.63. The minimum Gasteiger partial charge on any atom is -0.0990 e. The fourth-order valence-corrected chi connectivity index (χ4v) is 2.89. The van der Waals surface area contributed by atoms with Crippen LogP contribution in [0.4, 0.5) is 0 Å². The largest absolute Gasteiger partial charge is 0.0990 e. The monoisotopic (exact) mass is 338 g/mol. The van der Waals surface area contributed by atoms with E-state index in [2.05, 4.69) is 77.3 Å². The Morgan fingerprint density at radius 3 is 1.76 bits per heavy atom. The molecule has 0 amide bonds. The van der Waals surface area contributed by atoms with Crippen molar-refractivity contribution in [3.63, 3.8) is 0 Å². The molecule has 0 unspecified atom stereocenters. The lowest BCUT2D eigenvalue weighted by Gasteiger charge is -2.16. The summed E-state index contributed by atoms with van der Waals surface area (Å²) < 4.78 is 0. The Bertz CT molecular complexity index is 518. The van der Waals surface area contributed by atoms with E-state index in [9.17, 15) is 0 Å². The van der Waals surface area contributed by atoms with Crippen molar-refractivity contribution in [2.75, 3.05) is 0 Å². The molecule has 25 heavy (non-hydrogen) atoms. The van der Waals surface area contributed by atoms with Crippen LogP contribution in [0.3, 0.4) is 0 Å². The zero-order valence-electron chi connectivity index (χ0n) is 17.0. The van der Waals surface area contributed by atoms with Gasteiger partial charge in [-0.05, 0) is 29.6 Å². The summed E-state index contributed by atoms with van der Waals surface area (Å²) in [6.07, 6.45) is 14.5. The first kappa shape index (κ1) is 23.2. The van der Waals surface area contributed by atoms with Gasteiger partial charge < -0.3 is 0 Å². The summed E-state index contributed by atoms with van der Waals surface area (Å²) >= 11 is 0. The summed E-state index contributed by atoms with van der Waals surface area (Å²) in [4.78, 5) is 0. The maximum atomic E-state index is 3.98. The van der Waals surface area contributed by atoms with Crippen LogP contribution in [0.1, 0.15) is 78.2 Å². The van der Waals surface area contributed by atoms with Crippen molar-refractivity contribution in [3.8, 4) is 0 Å². The number of unbranched alkanes of at least 4 members (excludes halogenated alkanes) is 2. The van der Waals surface area contributed by atoms with Gasteiger partial charge in [-0.3, -0.25) is 0 Å². The quantitative estimate of drug-likeness (QED) is 0.375. The van der Waals surface area contributed by atoms with Crippen molar-refractivity contribution in [1.82, 2.24) is 0 Å². The van der Waals surface area contributed by atoms with E-state index in [1.165, 1.54) is 54.4 Å². The van der Waals surface area contributed by atoms with E-state index in [-0.39, 0.29) is 0 Å². The highest BCUT2D eigenvalue weighted by molar-refractivity contribution is 5.84. The predicted octanol–water partition coefficient (Wildman–Crippen LogP) is 8.54. The number of rotatable bonds is 10. The molecule has 0 heteroatoms. The Kier molecular flexibility index (Phi) is 14.6. The van der Waals surface area contributed by atoms with Gasteiger partial charge in [-0.2, -0.15) is 0 Å². The van der Waals surface area contributed by atoms with Gasteiger partial charge in [0.1, 0.15) is 0 Å². The average molecular weight is 339 g/mol. The summed E-state index contributed by atoms with van der Waals surface area (Å²) in [5.41, 5.74) is 5.30. The Morgan fingerprint density at radius 2 is 1.40 bits per heavy atom. The van der Waals surface area contributed by atoms with E-state index in [1.807, 2.05) is 12.2 Å². The van der Waals surface area contributed by atoms with Crippen molar-refractivity contribution in [1.29, 1.82) is 0 Å². The smallest absolute Gasteiger partial charge is 0.0120 e. The highest BCUT2D eigenvalue weighted by Crippen LogP contribution is 2.32. The number of hydrogen-bond acceptors (Lipinski definition) is 0. The van der Waals surface area contributed by atoms with Gasteiger partial charge >= 0.3 is 0 Å². The topological polar surface area (TPSA) is 0 Å². The minimum atomic E-state index is 1.14. The molecule has 0 atom stereocenters. The molecular formula is C25H38. The minimum absolute atomic E-state index is 1.14. The fraction of sp³-hybridized carbons (Fsp3) is 0.440. The van der Waals surface area contributed by atoms with Crippen LogP contribution in [0.25, 0.3) is 5.57 Å². The zero-order valence-corrected chi connectivity index (χ0v) is 17.0. The molecule has 0 radical (unpaired) electrons. The van der Waals surface area contributed by atoms with Crippen molar-refractivity contribution >= 4 is 5.57 Å². The number of benzene rings is 1. The normalized spacial score (nSPS) is 10.5. The Hall–Kier alpha value is -1.82. The lowest BCUT2D eigenvalue weighted by molar-refractivity contribution is 0.772. The molecule has 0 spiro atoms. The van der Waals surface area contributed by atoms with Gasteiger partial charge in [0.05, 0.1) is 0 Å². The van der Waals surface area contributed by atoms with E-state index in [4.69, 9.17) is 0 Å². The molecule has 0 bridgehead atoms. The molecule has 0 fully saturated rings. The van der Waals surface area contributed by atoms with Crippen LogP contribution in [0.5, 0.6) is 0 Å². The van der Waals surface area contributed by atoms with E-state index in [0.717, 1.165) is 12.8 Å². The summed E-state index contributed by atoms with van der Waals surface area (Å²) in [6, 6.07) is 10.6. The van der Waals surface area contributed by atoms with Gasteiger partial charge in [0.15, 0.2) is 0 Å². The molecule has 0 saturated carbocycles. The standard InChI is InChI=1S/C20H26.C5H12/c1-5-12-17(8-4)20(18(13-6-2)14-7-3)19-15-10-9-11-16-19;1-3-5-4-2/h5,8-12,15-16H,1,4,6-7,13-14H2,2-3H3;3-5H2,1-2H3/b17-12+;. The molecule has 0 aromatic heterocycles. The van der Waals surface area contributed by atoms with Gasteiger partial charge in [-0.25, -0.2) is 0 Å². The molecule has 0 aliphatic rings. The van der Waals surface area contributed by atoms with Gasteiger partial charge in [0, 0.05) is 0 Å². The summed E-state index contributed by atoms with van der Waals surface area (Å²) in [7, 11) is 0. The maximum Gasteiger partial charge on any atom is -0.0120 e. The number of allylic oxidation sites excluding steroid dienone is 6. The highest BCUT2D eigenvalue weighted by atomic mass is 14.2. The van der Waals surface area contributed by atoms with Gasteiger partial charge in [-0.1, -0.05) is 127 Å². The summed E-state index contributed by atoms with van der Waals surface area (Å²) in [6.45, 7) is 16.7. The third kappa shape index (κ3) is 9.29. The third-order valence-corrected chi connectivity index (χ3v) is 4.03. The molecular weight excluding hydrogens is 300 g/mol. The molecule has 1 rings (SSSR count). The van der Waals surface area contributed by atoms with Crippen LogP contribution >= 0.6 is 0 Å². The molecule has 0 saturated heterocycles. The SMILES string of the molecule is C=C/C=C(\C=C)C(=C(CCC)CCC)c1ccccc1.CCCCC. The second-order valence-corrected chi connectivity index (χ2v) is 6.26. The molecule has 0 N–H and O–H groups in total. The lowest BCUT2D eigenvalue weighted by Crippen LogP contribution is -1.96. The van der Waals surface area contributed by atoms with Crippen molar-refractivity contribution in [2.24, 2.45) is 0 Å².